The summed E-state index contributed by atoms with van der Waals surface area (Å²) < 4.78 is 15.6. The summed E-state index contributed by atoms with van der Waals surface area (Å²) in [7, 11) is 0. The summed E-state index contributed by atoms with van der Waals surface area (Å²) in [4.78, 5) is 163. The van der Waals surface area contributed by atoms with Crippen molar-refractivity contribution >= 4 is 79.6 Å². The van der Waals surface area contributed by atoms with Gasteiger partial charge in [-0.05, 0) is 168 Å². The zero-order valence-electron chi connectivity index (χ0n) is 84.0. The summed E-state index contributed by atoms with van der Waals surface area (Å²) in [5, 5.41) is 48.2. The van der Waals surface area contributed by atoms with Gasteiger partial charge in [0.15, 0.2) is 0 Å². The number of morpholine rings is 1. The SMILES string of the molecule is CC(C)(C)CCCNc1c(N2CCOCC2)c(=O)c1=O.CC(C)(C)CCCNc1c(NC2CCOCC2)c(=O)c1=O.CC(C)(C)CCCNc1c(NC2COC2)c(=O)c1=O.CC(C)(C)CCCNc1c(NCCO)c(=O)c1=O.CC(C)Nc1c(NCCCC(C)(C)C)c(=O)c1=O.CCCNc1c(NCCCC(C)(C)C)c(=O)c1=O.CCNc1c(NCCCC(C)(C)C)c(=O)c1=O. The van der Waals surface area contributed by atoms with Gasteiger partial charge in [0.25, 0.3) is 76.0 Å². The number of aliphatic hydroxyl groups is 1. The molecular formula is C99H164N14O18. The lowest BCUT2D eigenvalue weighted by atomic mass is 9.90. The highest BCUT2D eigenvalue weighted by Gasteiger charge is 2.32. The molecule has 3 aliphatic rings. The Balaban J connectivity index is 0.000000320. The van der Waals surface area contributed by atoms with E-state index < -0.39 is 43.4 Å². The molecule has 131 heavy (non-hydrogen) atoms. The second-order valence-corrected chi connectivity index (χ2v) is 43.4. The first-order valence-electron chi connectivity index (χ1n) is 47.6. The molecule has 738 valence electrons. The topological polar surface area (TPSA) is 447 Å². The van der Waals surface area contributed by atoms with Gasteiger partial charge in [-0.15, -0.1) is 0 Å². The lowest BCUT2D eigenvalue weighted by Crippen LogP contribution is -2.47. The van der Waals surface area contributed by atoms with E-state index in [9.17, 15) is 67.1 Å². The first-order chi connectivity index (χ1) is 61.0. The van der Waals surface area contributed by atoms with Crippen LogP contribution in [0.3, 0.4) is 0 Å². The smallest absolute Gasteiger partial charge is 0.253 e. The van der Waals surface area contributed by atoms with Crippen LogP contribution in [0.4, 0.5) is 79.6 Å². The molecule has 0 atom stereocenters. The predicted octanol–water partition coefficient (Wildman–Crippen LogP) is 12.4. The van der Waals surface area contributed by atoms with Crippen LogP contribution in [0.5, 0.6) is 0 Å². The van der Waals surface area contributed by atoms with E-state index in [0.717, 1.165) is 155 Å². The Hall–Kier alpha value is -9.40. The Morgan fingerprint density at radius 3 is 0.794 bits per heavy atom. The quantitative estimate of drug-likeness (QED) is 0.0125. The van der Waals surface area contributed by atoms with Gasteiger partial charge in [0.2, 0.25) is 0 Å². The molecule has 32 heteroatoms. The van der Waals surface area contributed by atoms with E-state index in [1.54, 1.807) is 0 Å². The highest BCUT2D eigenvalue weighted by Crippen LogP contribution is 2.30. The maximum Gasteiger partial charge on any atom is 0.253 e. The van der Waals surface area contributed by atoms with Crippen LogP contribution in [-0.2, 0) is 14.2 Å². The van der Waals surface area contributed by atoms with E-state index in [1.165, 1.54) is 0 Å². The molecule has 32 nitrogen and oxygen atoms in total. The minimum absolute atomic E-state index is 0.0672. The second-order valence-electron chi connectivity index (χ2n) is 43.4. The molecule has 0 saturated carbocycles. The molecule has 14 N–H and O–H groups in total. The molecule has 7 aromatic carbocycles. The van der Waals surface area contributed by atoms with Crippen molar-refractivity contribution in [1.82, 2.24) is 0 Å². The minimum atomic E-state index is -0.498. The summed E-state index contributed by atoms with van der Waals surface area (Å²) in [6.07, 6.45) is 17.1. The molecule has 0 aromatic heterocycles. The van der Waals surface area contributed by atoms with Crippen LogP contribution in [0, 0.1) is 37.9 Å². The van der Waals surface area contributed by atoms with Crippen LogP contribution in [0.25, 0.3) is 0 Å². The number of hydrogen-bond acceptors (Lipinski definition) is 32. The number of anilines is 14. The Kier molecular flexibility index (Phi) is 46.0. The fraction of sp³-hybridized carbons (Fsp3) is 0.717. The molecule has 0 unspecified atom stereocenters. The predicted molar refractivity (Wildman–Crippen MR) is 546 cm³/mol. The number of ether oxygens (including phenoxy) is 3. The van der Waals surface area contributed by atoms with Gasteiger partial charge in [-0.1, -0.05) is 152 Å². The molecular weight excluding hydrogens is 1670 g/mol. The van der Waals surface area contributed by atoms with Gasteiger partial charge in [0.05, 0.1) is 39.1 Å². The third kappa shape index (κ3) is 39.4. The molecule has 0 bridgehead atoms. The summed E-state index contributed by atoms with van der Waals surface area (Å²) in [5.41, 5.74) is 2.76. The van der Waals surface area contributed by atoms with Crippen molar-refractivity contribution in [2.45, 2.75) is 300 Å². The third-order valence-corrected chi connectivity index (χ3v) is 21.8. The monoisotopic (exact) mass is 1840 g/mol. The number of nitrogens with one attached hydrogen (secondary N) is 13. The van der Waals surface area contributed by atoms with Gasteiger partial charge in [-0.3, -0.25) is 67.1 Å². The number of aliphatic hydroxyl groups excluding tert-OH is 1. The van der Waals surface area contributed by atoms with Crippen LogP contribution in [0.15, 0.2) is 67.1 Å². The van der Waals surface area contributed by atoms with Crippen molar-refractivity contribution in [1.29, 1.82) is 0 Å². The largest absolute Gasteiger partial charge is 0.395 e. The van der Waals surface area contributed by atoms with Crippen molar-refractivity contribution < 1.29 is 19.3 Å². The number of nitrogens with zero attached hydrogens (tertiary/aromatic N) is 1. The zero-order valence-corrected chi connectivity index (χ0v) is 84.0. The standard InChI is InChI=1S/C16H26N2O3.C15H24N2O3.C14H22N2O3.2C14H24N2O2.C13H22N2O3.C13H22N2O2/c1-16(2,3)7-4-8-17-12-13(15(20)14(12)19)18-11-5-9-21-10-6-11;1-15(2,3)5-4-6-16-11-12(14(19)13(11)18)17-7-9-20-10-8-17;1-14(2,3)5-4-6-15-10-11(13(18)12(10)17)16-9-7-19-8-9;1-9(2)16-11-10(12(17)13(11)18)15-8-6-7-14(3,4)5;1-5-8-15-10-11(13(18)12(10)17)16-9-6-7-14(2,3)4;1-13(2,3)5-4-6-14-9-10(15-7-8-16)12(18)11(9)17;1-5-14-9-10(12(17)11(9)16)15-8-6-7-13(2,3)4/h11,17-18H,4-10H2,1-3H3;16H,4-10H2,1-3H3;9,15-16H,4-8H2,1-3H3;9,15-16H,6-8H2,1-5H3;15-16H,5-9H2,1-4H3;14-16H,4-8H2,1-3H3;14-15H,5-8H2,1-4H3. The Labute approximate surface area is 775 Å². The summed E-state index contributed by atoms with van der Waals surface area (Å²) in [6, 6.07) is 0.555. The molecule has 3 saturated heterocycles. The van der Waals surface area contributed by atoms with E-state index >= 15 is 0 Å². The second kappa shape index (κ2) is 52.9. The fourth-order valence-corrected chi connectivity index (χ4v) is 14.2. The molecule has 7 aromatic rings. The molecule has 0 spiro atoms. The van der Waals surface area contributed by atoms with Crippen molar-refractivity contribution in [2.24, 2.45) is 37.9 Å². The van der Waals surface area contributed by atoms with E-state index in [2.05, 4.69) is 215 Å². The Bertz CT molecular complexity index is 5060. The first-order valence-corrected chi connectivity index (χ1v) is 47.6. The van der Waals surface area contributed by atoms with Gasteiger partial charge in [0, 0.05) is 104 Å². The summed E-state index contributed by atoms with van der Waals surface area (Å²) >= 11 is 0. The molecule has 3 aliphatic heterocycles. The molecule has 10 rings (SSSR count). The number of hydrogen-bond donors (Lipinski definition) is 14. The summed E-state index contributed by atoms with van der Waals surface area (Å²) in [6.45, 7) is 65.6. The third-order valence-electron chi connectivity index (χ3n) is 21.8. The number of rotatable bonds is 43. The van der Waals surface area contributed by atoms with Crippen molar-refractivity contribution in [3.05, 3.63) is 143 Å². The van der Waals surface area contributed by atoms with E-state index in [4.69, 9.17) is 19.3 Å². The van der Waals surface area contributed by atoms with Crippen LogP contribution >= 0.6 is 0 Å². The Morgan fingerprint density at radius 2 is 0.527 bits per heavy atom. The zero-order chi connectivity index (χ0) is 98.7. The fourth-order valence-electron chi connectivity index (χ4n) is 14.2. The lowest BCUT2D eigenvalue weighted by Gasteiger charge is -2.31. The maximum absolute atomic E-state index is 11.7. The maximum atomic E-state index is 11.7. The van der Waals surface area contributed by atoms with Gasteiger partial charge in [-0.2, -0.15) is 0 Å². The lowest BCUT2D eigenvalue weighted by molar-refractivity contribution is 0.0210. The summed E-state index contributed by atoms with van der Waals surface area (Å²) in [5.74, 6) is 0. The highest BCUT2D eigenvalue weighted by atomic mass is 16.5. The molecule has 3 fully saturated rings. The van der Waals surface area contributed by atoms with Gasteiger partial charge < -0.3 is 93.3 Å². The highest BCUT2D eigenvalue weighted by molar-refractivity contribution is 5.79. The van der Waals surface area contributed by atoms with Crippen LogP contribution < -0.4 is 150 Å². The normalized spacial score (nSPS) is 14.1. The van der Waals surface area contributed by atoms with Gasteiger partial charge >= 0.3 is 0 Å². The van der Waals surface area contributed by atoms with E-state index in [-0.39, 0.29) is 69.3 Å². The van der Waals surface area contributed by atoms with Gasteiger partial charge in [-0.25, -0.2) is 0 Å². The van der Waals surface area contributed by atoms with Gasteiger partial charge in [0.1, 0.15) is 79.6 Å². The van der Waals surface area contributed by atoms with Crippen molar-refractivity contribution in [2.75, 3.05) is 199 Å². The molecule has 0 radical (unpaired) electrons. The van der Waals surface area contributed by atoms with E-state index in [1.807, 2.05) is 32.6 Å². The minimum Gasteiger partial charge on any atom is -0.395 e. The average Bonchev–Trinajstić information content (AvgIpc) is 0.756. The van der Waals surface area contributed by atoms with Crippen molar-refractivity contribution in [3.63, 3.8) is 0 Å². The Morgan fingerprint density at radius 1 is 0.290 bits per heavy atom. The van der Waals surface area contributed by atoms with Crippen LogP contribution in [-0.4, -0.2) is 148 Å². The molecule has 0 amide bonds. The van der Waals surface area contributed by atoms with Crippen molar-refractivity contribution in [3.8, 4) is 0 Å². The van der Waals surface area contributed by atoms with Crippen LogP contribution in [0.1, 0.15) is 282 Å². The van der Waals surface area contributed by atoms with Crippen LogP contribution in [0.2, 0.25) is 0 Å². The molecule has 3 heterocycles. The van der Waals surface area contributed by atoms with E-state index in [0.29, 0.717) is 178 Å². The first kappa shape index (κ1) is 114. The molecule has 0 aliphatic carbocycles. The average molecular weight is 1840 g/mol.